The second-order valence-electron chi connectivity index (χ2n) is 6.02. The molecular formula is C18H20N2O4S. The van der Waals surface area contributed by atoms with Gasteiger partial charge in [0.05, 0.1) is 10.5 Å². The first-order valence-electron chi connectivity index (χ1n) is 8.08. The number of hydrogen-bond donors (Lipinski definition) is 2. The topological polar surface area (TPSA) is 86.7 Å². The Balaban J connectivity index is 1.55. The zero-order valence-electron chi connectivity index (χ0n) is 13.7. The van der Waals surface area contributed by atoms with E-state index < -0.39 is 16.0 Å². The standard InChI is InChI=1S/C18H20N2O4S/c21-18(22)15-5-7-17(8-6-15)25(23,24)19-10-12-20-11-9-14-3-1-2-4-16(14)13-20/h1-8,19H,9-13H2,(H,21,22). The second kappa shape index (κ2) is 7.35. The molecule has 0 aromatic heterocycles. The van der Waals surface area contributed by atoms with Gasteiger partial charge in [-0.3, -0.25) is 4.90 Å². The van der Waals surface area contributed by atoms with Crippen LogP contribution >= 0.6 is 0 Å². The van der Waals surface area contributed by atoms with Gasteiger partial charge >= 0.3 is 5.97 Å². The van der Waals surface area contributed by atoms with Crippen molar-refractivity contribution in [3.63, 3.8) is 0 Å². The van der Waals surface area contributed by atoms with Crippen LogP contribution in [0.25, 0.3) is 0 Å². The average Bonchev–Trinajstić information content (AvgIpc) is 2.61. The predicted molar refractivity (Wildman–Crippen MR) is 94.0 cm³/mol. The van der Waals surface area contributed by atoms with E-state index in [0.717, 1.165) is 19.5 Å². The largest absolute Gasteiger partial charge is 0.478 e. The molecule has 0 bridgehead atoms. The molecule has 1 aliphatic rings. The van der Waals surface area contributed by atoms with E-state index in [-0.39, 0.29) is 10.5 Å². The number of rotatable bonds is 6. The first-order valence-corrected chi connectivity index (χ1v) is 9.56. The van der Waals surface area contributed by atoms with E-state index in [2.05, 4.69) is 21.8 Å². The lowest BCUT2D eigenvalue weighted by atomic mass is 10.0. The van der Waals surface area contributed by atoms with Gasteiger partial charge in [-0.15, -0.1) is 0 Å². The quantitative estimate of drug-likeness (QED) is 0.819. The molecule has 3 rings (SSSR count). The van der Waals surface area contributed by atoms with E-state index in [0.29, 0.717) is 13.1 Å². The van der Waals surface area contributed by atoms with E-state index in [4.69, 9.17) is 5.11 Å². The molecule has 0 fully saturated rings. The number of carboxylic acid groups (broad SMARTS) is 1. The van der Waals surface area contributed by atoms with Crippen LogP contribution in [0.15, 0.2) is 53.4 Å². The van der Waals surface area contributed by atoms with Gasteiger partial charge in [0.15, 0.2) is 0 Å². The fraction of sp³-hybridized carbons (Fsp3) is 0.278. The van der Waals surface area contributed by atoms with Crippen molar-refractivity contribution in [2.45, 2.75) is 17.9 Å². The van der Waals surface area contributed by atoms with Gasteiger partial charge < -0.3 is 5.11 Å². The molecule has 7 heteroatoms. The van der Waals surface area contributed by atoms with Crippen LogP contribution in [0.5, 0.6) is 0 Å². The van der Waals surface area contributed by atoms with Crippen LogP contribution in [-0.2, 0) is 23.0 Å². The Morgan fingerprint density at radius 3 is 2.44 bits per heavy atom. The Kier molecular flexibility index (Phi) is 5.17. The number of carbonyl (C=O) groups is 1. The first kappa shape index (κ1) is 17.6. The predicted octanol–water partition coefficient (Wildman–Crippen LogP) is 1.72. The number of sulfonamides is 1. The molecule has 0 saturated heterocycles. The normalized spacial score (nSPS) is 14.9. The van der Waals surface area contributed by atoms with E-state index in [1.807, 2.05) is 12.1 Å². The van der Waals surface area contributed by atoms with Crippen molar-refractivity contribution in [1.29, 1.82) is 0 Å². The van der Waals surface area contributed by atoms with Crippen molar-refractivity contribution in [3.05, 3.63) is 65.2 Å². The van der Waals surface area contributed by atoms with Crippen LogP contribution in [0.1, 0.15) is 21.5 Å². The summed E-state index contributed by atoms with van der Waals surface area (Å²) in [6, 6.07) is 13.5. The molecule has 2 aromatic carbocycles. The molecule has 1 heterocycles. The summed E-state index contributed by atoms with van der Waals surface area (Å²) in [4.78, 5) is 13.1. The number of benzene rings is 2. The monoisotopic (exact) mass is 360 g/mol. The van der Waals surface area contributed by atoms with E-state index in [1.165, 1.54) is 35.4 Å². The van der Waals surface area contributed by atoms with Crippen molar-refractivity contribution in [3.8, 4) is 0 Å². The summed E-state index contributed by atoms with van der Waals surface area (Å²) in [6.07, 6.45) is 0.972. The molecule has 6 nitrogen and oxygen atoms in total. The Hall–Kier alpha value is -2.22. The molecule has 25 heavy (non-hydrogen) atoms. The Morgan fingerprint density at radius 2 is 1.76 bits per heavy atom. The minimum atomic E-state index is -3.63. The number of carboxylic acids is 1. The van der Waals surface area contributed by atoms with Gasteiger partial charge in [-0.25, -0.2) is 17.9 Å². The summed E-state index contributed by atoms with van der Waals surface area (Å²) in [5.41, 5.74) is 2.71. The van der Waals surface area contributed by atoms with Crippen LogP contribution < -0.4 is 4.72 Å². The van der Waals surface area contributed by atoms with Crippen molar-refractivity contribution < 1.29 is 18.3 Å². The second-order valence-corrected chi connectivity index (χ2v) is 7.79. The van der Waals surface area contributed by atoms with E-state index >= 15 is 0 Å². The van der Waals surface area contributed by atoms with Gasteiger partial charge in [0.25, 0.3) is 0 Å². The van der Waals surface area contributed by atoms with Gasteiger partial charge in [0, 0.05) is 26.2 Å². The van der Waals surface area contributed by atoms with Crippen LogP contribution in [-0.4, -0.2) is 44.0 Å². The van der Waals surface area contributed by atoms with Gasteiger partial charge in [0.2, 0.25) is 10.0 Å². The molecule has 1 aliphatic heterocycles. The molecular weight excluding hydrogens is 340 g/mol. The zero-order chi connectivity index (χ0) is 17.9. The molecule has 0 atom stereocenters. The maximum absolute atomic E-state index is 12.3. The van der Waals surface area contributed by atoms with Crippen molar-refractivity contribution in [1.82, 2.24) is 9.62 Å². The van der Waals surface area contributed by atoms with Gasteiger partial charge in [-0.2, -0.15) is 0 Å². The van der Waals surface area contributed by atoms with Crippen molar-refractivity contribution in [2.24, 2.45) is 0 Å². The highest BCUT2D eigenvalue weighted by molar-refractivity contribution is 7.89. The summed E-state index contributed by atoms with van der Waals surface area (Å²) in [5.74, 6) is -1.08. The number of fused-ring (bicyclic) bond motifs is 1. The first-order chi connectivity index (χ1) is 12.0. The Bertz CT molecular complexity index is 863. The molecule has 0 amide bonds. The lowest BCUT2D eigenvalue weighted by molar-refractivity contribution is 0.0696. The summed E-state index contributed by atoms with van der Waals surface area (Å²) < 4.78 is 27.1. The maximum Gasteiger partial charge on any atom is 0.335 e. The number of nitrogens with zero attached hydrogens (tertiary/aromatic N) is 1. The molecule has 2 N–H and O–H groups in total. The zero-order valence-corrected chi connectivity index (χ0v) is 14.5. The maximum atomic E-state index is 12.3. The van der Waals surface area contributed by atoms with Crippen LogP contribution in [0.2, 0.25) is 0 Å². The smallest absolute Gasteiger partial charge is 0.335 e. The Labute approximate surface area is 147 Å². The highest BCUT2D eigenvalue weighted by Gasteiger charge is 2.18. The van der Waals surface area contributed by atoms with Crippen LogP contribution in [0.4, 0.5) is 0 Å². The third-order valence-electron chi connectivity index (χ3n) is 4.34. The lowest BCUT2D eigenvalue weighted by Crippen LogP contribution is -2.37. The van der Waals surface area contributed by atoms with Gasteiger partial charge in [0.1, 0.15) is 0 Å². The molecule has 0 aliphatic carbocycles. The fourth-order valence-corrected chi connectivity index (χ4v) is 3.96. The van der Waals surface area contributed by atoms with Crippen LogP contribution in [0, 0.1) is 0 Å². The van der Waals surface area contributed by atoms with Crippen molar-refractivity contribution in [2.75, 3.05) is 19.6 Å². The highest BCUT2D eigenvalue weighted by atomic mass is 32.2. The number of hydrogen-bond acceptors (Lipinski definition) is 4. The minimum Gasteiger partial charge on any atom is -0.478 e. The number of aromatic carboxylic acids is 1. The van der Waals surface area contributed by atoms with E-state index in [9.17, 15) is 13.2 Å². The molecule has 0 spiro atoms. The summed E-state index contributed by atoms with van der Waals surface area (Å²) in [7, 11) is -3.63. The highest BCUT2D eigenvalue weighted by Crippen LogP contribution is 2.18. The third-order valence-corrected chi connectivity index (χ3v) is 5.82. The number of nitrogens with one attached hydrogen (secondary N) is 1. The fourth-order valence-electron chi connectivity index (χ4n) is 2.94. The summed E-state index contributed by atoms with van der Waals surface area (Å²) in [6.45, 7) is 2.67. The van der Waals surface area contributed by atoms with Crippen LogP contribution in [0.3, 0.4) is 0 Å². The molecule has 132 valence electrons. The summed E-state index contributed by atoms with van der Waals surface area (Å²) in [5, 5.41) is 8.86. The molecule has 2 aromatic rings. The SMILES string of the molecule is O=C(O)c1ccc(S(=O)(=O)NCCN2CCc3ccccc3C2)cc1. The summed E-state index contributed by atoms with van der Waals surface area (Å²) >= 11 is 0. The molecule has 0 unspecified atom stereocenters. The average molecular weight is 360 g/mol. The Morgan fingerprint density at radius 1 is 1.08 bits per heavy atom. The molecule has 0 radical (unpaired) electrons. The van der Waals surface area contributed by atoms with Crippen molar-refractivity contribution >= 4 is 16.0 Å². The third kappa shape index (κ3) is 4.25. The van der Waals surface area contributed by atoms with Gasteiger partial charge in [-0.05, 0) is 41.8 Å². The lowest BCUT2D eigenvalue weighted by Gasteiger charge is -2.28. The van der Waals surface area contributed by atoms with Gasteiger partial charge in [-0.1, -0.05) is 24.3 Å². The van der Waals surface area contributed by atoms with E-state index in [1.54, 1.807) is 0 Å². The minimum absolute atomic E-state index is 0.0610. The molecule has 0 saturated carbocycles.